The molecule has 0 saturated carbocycles. The molecule has 0 amide bonds. The zero-order chi connectivity index (χ0) is 50.5. The van der Waals surface area contributed by atoms with Crippen molar-refractivity contribution < 1.29 is 66.1 Å². The van der Waals surface area contributed by atoms with Crippen molar-refractivity contribution in [1.29, 1.82) is 0 Å². The lowest BCUT2D eigenvalue weighted by molar-refractivity contribution is 0.00578. The molecule has 0 bridgehead atoms. The first kappa shape index (κ1) is 54.1. The molecule has 3 heterocycles. The number of carbonyl (C=O) groups excluding carboxylic acids is 4. The van der Waals surface area contributed by atoms with Crippen LogP contribution in [0.1, 0.15) is 138 Å². The zero-order valence-electron chi connectivity index (χ0n) is 41.5. The highest BCUT2D eigenvalue weighted by Crippen LogP contribution is 2.43. The van der Waals surface area contributed by atoms with Crippen molar-refractivity contribution in [3.63, 3.8) is 0 Å². The Balaban J connectivity index is 0.000000197. The highest BCUT2D eigenvalue weighted by atomic mass is 79.9. The van der Waals surface area contributed by atoms with E-state index in [1.165, 1.54) is 0 Å². The van der Waals surface area contributed by atoms with Crippen LogP contribution in [0.3, 0.4) is 0 Å². The molecule has 3 aliphatic heterocycles. The summed E-state index contributed by atoms with van der Waals surface area (Å²) in [5.74, 6) is 1.53. The summed E-state index contributed by atoms with van der Waals surface area (Å²) in [5.41, 5.74) is 0.100. The van der Waals surface area contributed by atoms with Crippen molar-refractivity contribution in [3.8, 4) is 23.0 Å². The molecule has 362 valence electrons. The van der Waals surface area contributed by atoms with Crippen LogP contribution in [0.4, 0.5) is 0 Å². The quantitative estimate of drug-likeness (QED) is 0.0749. The van der Waals surface area contributed by atoms with Crippen LogP contribution in [0, 0.1) is 0 Å². The van der Waals surface area contributed by atoms with Crippen LogP contribution in [0.15, 0.2) is 89.4 Å². The highest BCUT2D eigenvalue weighted by molar-refractivity contribution is 9.10. The first-order chi connectivity index (χ1) is 31.7. The van der Waals surface area contributed by atoms with Crippen LogP contribution in [0.25, 0.3) is 0 Å². The Morgan fingerprint density at radius 2 is 0.809 bits per heavy atom. The maximum atomic E-state index is 11.8. The molecule has 68 heavy (non-hydrogen) atoms. The second kappa shape index (κ2) is 21.5. The van der Waals surface area contributed by atoms with Crippen molar-refractivity contribution in [3.05, 3.63) is 112 Å². The van der Waals surface area contributed by atoms with Crippen molar-refractivity contribution in [2.45, 2.75) is 131 Å². The molecule has 18 heteroatoms. The molecule has 0 N–H and O–H groups in total. The molecule has 0 unspecified atom stereocenters. The van der Waals surface area contributed by atoms with Gasteiger partial charge in [-0.3, -0.25) is 9.59 Å². The van der Waals surface area contributed by atoms with Gasteiger partial charge in [0.25, 0.3) is 0 Å². The minimum atomic E-state index is -0.671. The molecular formula is C50H62B3BrO14. The zero-order valence-corrected chi connectivity index (χ0v) is 43.1. The van der Waals surface area contributed by atoms with Gasteiger partial charge in [0.15, 0.2) is 6.29 Å². The van der Waals surface area contributed by atoms with Crippen LogP contribution in [-0.4, -0.2) is 92.5 Å². The Bertz CT molecular complexity index is 2340. The van der Waals surface area contributed by atoms with Crippen molar-refractivity contribution in [2.24, 2.45) is 0 Å². The van der Waals surface area contributed by atoms with E-state index in [-0.39, 0.29) is 34.3 Å². The molecule has 14 nitrogen and oxygen atoms in total. The molecule has 0 atom stereocenters. The van der Waals surface area contributed by atoms with E-state index in [9.17, 15) is 19.2 Å². The first-order valence-electron chi connectivity index (χ1n) is 22.5. The topological polar surface area (TPSA) is 161 Å². The van der Waals surface area contributed by atoms with Crippen molar-refractivity contribution in [2.75, 3.05) is 13.2 Å². The molecule has 0 aliphatic carbocycles. The maximum Gasteiger partial charge on any atom is 0.495 e. The van der Waals surface area contributed by atoms with Crippen molar-refractivity contribution >= 4 is 67.0 Å². The fourth-order valence-electron chi connectivity index (χ4n) is 6.58. The fraction of sp³-hybridized carbons (Fsp3) is 0.440. The number of hydrogen-bond donors (Lipinski definition) is 0. The standard InChI is InChI=1S/C22H25BO6.C16H13BrO4.C12H24B2O4/c1-6-26-20(25)15-7-10-17(11-8-15)27-18-12-9-16(14-24)19(13-18)23-28-21(2,3)22(4,5)29-23;1-2-20-16(19)11-3-6-13(7-4-11)21-14-8-5-12(10-18)15(17)9-14;1-9(2)10(3,4)16-13(15-9)14-17-11(5,6)12(7,8)18-14/h7-14H,6H2,1-5H3;3-10H,2H2,1H3;1-8H3. The van der Waals surface area contributed by atoms with Crippen LogP contribution in [-0.2, 0) is 37.4 Å². The summed E-state index contributed by atoms with van der Waals surface area (Å²) in [7, 11) is -1.62. The van der Waals surface area contributed by atoms with E-state index in [1.807, 2.05) is 83.1 Å². The molecule has 3 aliphatic rings. The Labute approximate surface area is 409 Å². The lowest BCUT2D eigenvalue weighted by atomic mass is 9.49. The molecule has 4 aromatic rings. The van der Waals surface area contributed by atoms with Crippen LogP contribution >= 0.6 is 15.9 Å². The number of esters is 2. The van der Waals surface area contributed by atoms with Gasteiger partial charge in [0, 0.05) is 15.6 Å². The van der Waals surface area contributed by atoms with E-state index in [0.29, 0.717) is 68.4 Å². The summed E-state index contributed by atoms with van der Waals surface area (Å²) >= 11 is 3.30. The minimum absolute atomic E-state index is 0.321. The van der Waals surface area contributed by atoms with Crippen LogP contribution < -0.4 is 14.9 Å². The third-order valence-corrected chi connectivity index (χ3v) is 13.4. The maximum absolute atomic E-state index is 11.8. The predicted molar refractivity (Wildman–Crippen MR) is 264 cm³/mol. The van der Waals surface area contributed by atoms with Gasteiger partial charge in [0.05, 0.1) is 57.9 Å². The third-order valence-electron chi connectivity index (χ3n) is 12.8. The number of rotatable bonds is 12. The highest BCUT2D eigenvalue weighted by Gasteiger charge is 2.63. The number of ether oxygens (including phenoxy) is 4. The van der Waals surface area contributed by atoms with E-state index in [2.05, 4.69) is 15.9 Å². The minimum Gasteiger partial charge on any atom is -0.462 e. The number of benzene rings is 4. The summed E-state index contributed by atoms with van der Waals surface area (Å²) < 4.78 is 58.1. The second-order valence-electron chi connectivity index (χ2n) is 19.2. The SMILES string of the molecule is CC1(C)OB(B2OC(C)(C)C(C)(C)O2)OC1(C)C.CCOC(=O)c1ccc(Oc2ccc(C=O)c(B3OC(C)(C)C(C)(C)O3)c2)cc1.CCOC(=O)c1ccc(Oc2ccc(C=O)c(Br)c2)cc1. The summed E-state index contributed by atoms with van der Waals surface area (Å²) in [6.45, 7) is 28.2. The summed E-state index contributed by atoms with van der Waals surface area (Å²) in [6, 6.07) is 23.5. The van der Waals surface area contributed by atoms with E-state index in [1.54, 1.807) is 98.8 Å². The third kappa shape index (κ3) is 12.7. The molecule has 0 radical (unpaired) electrons. The van der Waals surface area contributed by atoms with Gasteiger partial charge >= 0.3 is 33.1 Å². The lowest BCUT2D eigenvalue weighted by Gasteiger charge is -2.32. The van der Waals surface area contributed by atoms with E-state index in [0.717, 1.165) is 12.6 Å². The summed E-state index contributed by atoms with van der Waals surface area (Å²) in [6.07, 6.45) is 1.54. The van der Waals surface area contributed by atoms with Gasteiger partial charge in [-0.1, -0.05) is 0 Å². The normalized spacial score (nSPS) is 18.8. The molecule has 3 fully saturated rings. The van der Waals surface area contributed by atoms with E-state index >= 15 is 0 Å². The van der Waals surface area contributed by atoms with Gasteiger partial charge in [0.1, 0.15) is 29.3 Å². The molecule has 0 aromatic heterocycles. The summed E-state index contributed by atoms with van der Waals surface area (Å²) in [5, 5.41) is 0. The predicted octanol–water partition coefficient (Wildman–Crippen LogP) is 10.2. The molecule has 3 saturated heterocycles. The Morgan fingerprint density at radius 3 is 1.15 bits per heavy atom. The van der Waals surface area contributed by atoms with Gasteiger partial charge in [0.2, 0.25) is 0 Å². The average molecular weight is 999 g/mol. The average Bonchev–Trinajstić information content (AvgIpc) is 3.74. The number of halogens is 1. The van der Waals surface area contributed by atoms with Gasteiger partial charge in [-0.2, -0.15) is 0 Å². The van der Waals surface area contributed by atoms with Crippen molar-refractivity contribution in [1.82, 2.24) is 0 Å². The molecular weight excluding hydrogens is 937 g/mol. The van der Waals surface area contributed by atoms with Gasteiger partial charge in [-0.15, -0.1) is 0 Å². The van der Waals surface area contributed by atoms with Gasteiger partial charge in [-0.05, 0) is 203 Å². The Kier molecular flexibility index (Phi) is 17.1. The van der Waals surface area contributed by atoms with E-state index in [4.69, 9.17) is 46.9 Å². The van der Waals surface area contributed by atoms with E-state index < -0.39 is 32.3 Å². The molecule has 7 rings (SSSR count). The Morgan fingerprint density at radius 1 is 0.485 bits per heavy atom. The molecule has 4 aromatic carbocycles. The number of carbonyl (C=O) groups is 4. The summed E-state index contributed by atoms with van der Waals surface area (Å²) in [4.78, 5) is 45.6. The largest absolute Gasteiger partial charge is 0.495 e. The smallest absolute Gasteiger partial charge is 0.462 e. The fourth-order valence-corrected chi connectivity index (χ4v) is 7.03. The van der Waals surface area contributed by atoms with Gasteiger partial charge < -0.3 is 46.9 Å². The van der Waals surface area contributed by atoms with Crippen LogP contribution in [0.5, 0.6) is 23.0 Å². The monoisotopic (exact) mass is 998 g/mol. The van der Waals surface area contributed by atoms with Gasteiger partial charge in [-0.25, -0.2) is 9.59 Å². The van der Waals surface area contributed by atoms with Crippen LogP contribution in [0.2, 0.25) is 0 Å². The Hall–Kier alpha value is -4.81. The second-order valence-corrected chi connectivity index (χ2v) is 20.1. The number of hydrogen-bond acceptors (Lipinski definition) is 14. The molecule has 0 spiro atoms. The lowest BCUT2D eigenvalue weighted by Crippen LogP contribution is -2.41. The number of aldehydes is 2. The first-order valence-corrected chi connectivity index (χ1v) is 23.3.